The Morgan fingerprint density at radius 1 is 1.14 bits per heavy atom. The van der Waals surface area contributed by atoms with Crippen LogP contribution in [-0.2, 0) is 0 Å². The van der Waals surface area contributed by atoms with Crippen molar-refractivity contribution in [1.82, 2.24) is 4.90 Å². The van der Waals surface area contributed by atoms with E-state index < -0.39 is 0 Å². The van der Waals surface area contributed by atoms with Crippen LogP contribution in [0.25, 0.3) is 11.3 Å². The Balaban J connectivity index is 1.82. The first kappa shape index (κ1) is 14.7. The van der Waals surface area contributed by atoms with Crippen LogP contribution in [0.5, 0.6) is 0 Å². The van der Waals surface area contributed by atoms with Gasteiger partial charge in [0, 0.05) is 24.3 Å². The Morgan fingerprint density at radius 3 is 2.50 bits per heavy atom. The van der Waals surface area contributed by atoms with Crippen LogP contribution in [0, 0.1) is 11.8 Å². The topological polar surface area (TPSA) is 59.5 Å². The lowest BCUT2D eigenvalue weighted by molar-refractivity contribution is 0.0592. The van der Waals surface area contributed by atoms with E-state index in [-0.39, 0.29) is 5.91 Å². The van der Waals surface area contributed by atoms with Gasteiger partial charge in [-0.3, -0.25) is 4.79 Å². The molecule has 1 amide bonds. The van der Waals surface area contributed by atoms with Gasteiger partial charge in [0.1, 0.15) is 5.76 Å². The number of hydrogen-bond acceptors (Lipinski definition) is 3. The number of carbonyl (C=O) groups excluding carboxylic acids is 1. The molecule has 22 heavy (non-hydrogen) atoms. The van der Waals surface area contributed by atoms with Gasteiger partial charge in [0.15, 0.2) is 5.76 Å². The minimum Gasteiger partial charge on any atom is -0.451 e. The molecule has 0 bridgehead atoms. The molecule has 1 fully saturated rings. The Morgan fingerprint density at radius 2 is 1.82 bits per heavy atom. The summed E-state index contributed by atoms with van der Waals surface area (Å²) in [7, 11) is 0. The van der Waals surface area contributed by atoms with Crippen molar-refractivity contribution in [3.05, 3.63) is 42.2 Å². The minimum atomic E-state index is -0.0286. The quantitative estimate of drug-likeness (QED) is 0.861. The highest BCUT2D eigenvalue weighted by atomic mass is 16.4. The summed E-state index contributed by atoms with van der Waals surface area (Å²) >= 11 is 0. The highest BCUT2D eigenvalue weighted by molar-refractivity contribution is 5.92. The van der Waals surface area contributed by atoms with E-state index in [1.54, 1.807) is 6.07 Å². The second-order valence-electron chi connectivity index (χ2n) is 6.41. The van der Waals surface area contributed by atoms with Crippen molar-refractivity contribution in [3.8, 4) is 11.3 Å². The molecule has 1 aromatic carbocycles. The zero-order valence-corrected chi connectivity index (χ0v) is 13.1. The van der Waals surface area contributed by atoms with Crippen LogP contribution in [0.3, 0.4) is 0 Å². The zero-order valence-electron chi connectivity index (χ0n) is 13.1. The van der Waals surface area contributed by atoms with E-state index in [2.05, 4.69) is 13.8 Å². The maximum absolute atomic E-state index is 12.6. The molecular weight excluding hydrogens is 276 g/mol. The number of hydrogen-bond donors (Lipinski definition) is 1. The van der Waals surface area contributed by atoms with Crippen molar-refractivity contribution in [2.24, 2.45) is 11.8 Å². The summed E-state index contributed by atoms with van der Waals surface area (Å²) in [6.07, 6.45) is 1.17. The number of amides is 1. The van der Waals surface area contributed by atoms with Gasteiger partial charge in [-0.05, 0) is 42.5 Å². The SMILES string of the molecule is C[C@H]1C[C@H](C)CN(C(=O)c2ccc(-c3ccccc3N)o2)C1. The number of nitrogens with zero attached hydrogens (tertiary/aromatic N) is 1. The van der Waals surface area contributed by atoms with Gasteiger partial charge in [0.05, 0.1) is 0 Å². The molecule has 3 rings (SSSR count). The highest BCUT2D eigenvalue weighted by Gasteiger charge is 2.27. The van der Waals surface area contributed by atoms with Crippen molar-refractivity contribution in [3.63, 3.8) is 0 Å². The predicted octanol–water partition coefficient (Wildman–Crippen LogP) is 3.65. The van der Waals surface area contributed by atoms with Gasteiger partial charge in [-0.2, -0.15) is 0 Å². The van der Waals surface area contributed by atoms with E-state index in [0.717, 1.165) is 18.7 Å². The second-order valence-corrected chi connectivity index (χ2v) is 6.41. The number of piperidine rings is 1. The molecule has 1 saturated heterocycles. The van der Waals surface area contributed by atoms with Crippen molar-refractivity contribution in [2.75, 3.05) is 18.8 Å². The van der Waals surface area contributed by atoms with Gasteiger partial charge >= 0.3 is 0 Å². The molecular formula is C18H22N2O2. The number of benzene rings is 1. The minimum absolute atomic E-state index is 0.0286. The Bertz CT molecular complexity index is 667. The lowest BCUT2D eigenvalue weighted by atomic mass is 9.92. The number of anilines is 1. The van der Waals surface area contributed by atoms with Gasteiger partial charge < -0.3 is 15.1 Å². The molecule has 0 aliphatic carbocycles. The molecule has 1 aliphatic heterocycles. The molecule has 2 heterocycles. The van der Waals surface area contributed by atoms with Crippen molar-refractivity contribution in [1.29, 1.82) is 0 Å². The lowest BCUT2D eigenvalue weighted by Gasteiger charge is -2.34. The van der Waals surface area contributed by atoms with E-state index in [1.165, 1.54) is 6.42 Å². The fourth-order valence-electron chi connectivity index (χ4n) is 3.30. The summed E-state index contributed by atoms with van der Waals surface area (Å²) in [4.78, 5) is 14.5. The fraction of sp³-hybridized carbons (Fsp3) is 0.389. The van der Waals surface area contributed by atoms with Crippen LogP contribution in [-0.4, -0.2) is 23.9 Å². The molecule has 116 valence electrons. The molecule has 0 saturated carbocycles. The van der Waals surface area contributed by atoms with Gasteiger partial charge in [-0.1, -0.05) is 26.0 Å². The average Bonchev–Trinajstić information content (AvgIpc) is 2.95. The molecule has 2 atom stereocenters. The maximum atomic E-state index is 12.6. The van der Waals surface area contributed by atoms with E-state index in [1.807, 2.05) is 35.2 Å². The summed E-state index contributed by atoms with van der Waals surface area (Å²) in [5.41, 5.74) is 7.43. The third-order valence-electron chi connectivity index (χ3n) is 4.20. The van der Waals surface area contributed by atoms with Gasteiger partial charge in [0.2, 0.25) is 0 Å². The van der Waals surface area contributed by atoms with Crippen molar-refractivity contribution >= 4 is 11.6 Å². The van der Waals surface area contributed by atoms with Crippen LogP contribution in [0.15, 0.2) is 40.8 Å². The molecule has 1 aromatic heterocycles. The summed E-state index contributed by atoms with van der Waals surface area (Å²) in [6.45, 7) is 5.97. The van der Waals surface area contributed by atoms with Crippen LogP contribution < -0.4 is 5.73 Å². The number of nitrogen functional groups attached to an aromatic ring is 1. The van der Waals surface area contributed by atoms with Gasteiger partial charge in [-0.25, -0.2) is 0 Å². The Kier molecular flexibility index (Phi) is 3.92. The third kappa shape index (κ3) is 2.86. The van der Waals surface area contributed by atoms with Crippen LogP contribution in [0.4, 0.5) is 5.69 Å². The van der Waals surface area contributed by atoms with Gasteiger partial charge in [0.25, 0.3) is 5.91 Å². The molecule has 0 spiro atoms. The molecule has 0 unspecified atom stereocenters. The molecule has 0 radical (unpaired) electrons. The van der Waals surface area contributed by atoms with E-state index in [4.69, 9.17) is 10.2 Å². The molecule has 2 aromatic rings. The van der Waals surface area contributed by atoms with Crippen LogP contribution >= 0.6 is 0 Å². The fourth-order valence-corrected chi connectivity index (χ4v) is 3.30. The number of likely N-dealkylation sites (tertiary alicyclic amines) is 1. The second kappa shape index (κ2) is 5.87. The first-order valence-electron chi connectivity index (χ1n) is 7.78. The Labute approximate surface area is 130 Å². The average molecular weight is 298 g/mol. The lowest BCUT2D eigenvalue weighted by Crippen LogP contribution is -2.42. The monoisotopic (exact) mass is 298 g/mol. The summed E-state index contributed by atoms with van der Waals surface area (Å²) < 4.78 is 5.76. The summed E-state index contributed by atoms with van der Waals surface area (Å²) in [5.74, 6) is 2.07. The number of rotatable bonds is 2. The smallest absolute Gasteiger partial charge is 0.289 e. The summed E-state index contributed by atoms with van der Waals surface area (Å²) in [5, 5.41) is 0. The van der Waals surface area contributed by atoms with Gasteiger partial charge in [-0.15, -0.1) is 0 Å². The van der Waals surface area contributed by atoms with E-state index in [9.17, 15) is 4.79 Å². The number of carbonyl (C=O) groups is 1. The Hall–Kier alpha value is -2.23. The van der Waals surface area contributed by atoms with E-state index >= 15 is 0 Å². The largest absolute Gasteiger partial charge is 0.451 e. The standard InChI is InChI=1S/C18H22N2O2/c1-12-9-13(2)11-20(10-12)18(21)17-8-7-16(22-17)14-5-3-4-6-15(14)19/h3-8,12-13H,9-11,19H2,1-2H3/t12-,13-/m0/s1. The van der Waals surface area contributed by atoms with Crippen molar-refractivity contribution in [2.45, 2.75) is 20.3 Å². The maximum Gasteiger partial charge on any atom is 0.289 e. The molecule has 2 N–H and O–H groups in total. The predicted molar refractivity (Wildman–Crippen MR) is 87.4 cm³/mol. The third-order valence-corrected chi connectivity index (χ3v) is 4.20. The first-order valence-corrected chi connectivity index (χ1v) is 7.78. The van der Waals surface area contributed by atoms with Crippen molar-refractivity contribution < 1.29 is 9.21 Å². The normalized spacial score (nSPS) is 21.8. The molecule has 4 nitrogen and oxygen atoms in total. The van der Waals surface area contributed by atoms with Crippen LogP contribution in [0.1, 0.15) is 30.8 Å². The van der Waals surface area contributed by atoms with Crippen LogP contribution in [0.2, 0.25) is 0 Å². The van der Waals surface area contributed by atoms with E-state index in [0.29, 0.717) is 29.0 Å². The number of para-hydroxylation sites is 1. The summed E-state index contributed by atoms with van der Waals surface area (Å²) in [6, 6.07) is 11.1. The first-order chi connectivity index (χ1) is 10.5. The highest BCUT2D eigenvalue weighted by Crippen LogP contribution is 2.29. The molecule has 1 aliphatic rings. The molecule has 4 heteroatoms. The number of furan rings is 1. The number of nitrogens with two attached hydrogens (primary N) is 1. The zero-order chi connectivity index (χ0) is 15.7.